The second-order valence-electron chi connectivity index (χ2n) is 5.35. The summed E-state index contributed by atoms with van der Waals surface area (Å²) >= 11 is 0. The van der Waals surface area contributed by atoms with Crippen LogP contribution in [0, 0.1) is 0 Å². The average molecular weight is 232 g/mol. The molecule has 2 heteroatoms. The topological polar surface area (TPSA) is 15.3 Å². The molecule has 0 amide bonds. The predicted octanol–water partition coefficient (Wildman–Crippen LogP) is 2.47. The lowest BCUT2D eigenvalue weighted by atomic mass is 9.77. The second kappa shape index (κ2) is 5.65. The van der Waals surface area contributed by atoms with Crippen molar-refractivity contribution in [2.45, 2.75) is 37.3 Å². The molecule has 0 aromatic heterocycles. The van der Waals surface area contributed by atoms with Gasteiger partial charge in [0.15, 0.2) is 0 Å². The van der Waals surface area contributed by atoms with E-state index in [1.807, 2.05) is 0 Å². The van der Waals surface area contributed by atoms with Gasteiger partial charge in [-0.05, 0) is 51.9 Å². The van der Waals surface area contributed by atoms with E-state index >= 15 is 0 Å². The molecule has 1 aliphatic rings. The normalized spacial score (nSPS) is 29.5. The summed E-state index contributed by atoms with van der Waals surface area (Å²) in [5.74, 6) is 0.691. The van der Waals surface area contributed by atoms with E-state index in [0.717, 1.165) is 0 Å². The molecule has 0 saturated heterocycles. The molecule has 94 valence electrons. The molecule has 1 aromatic rings. The first-order valence-corrected chi connectivity index (χ1v) is 6.61. The summed E-state index contributed by atoms with van der Waals surface area (Å²) in [7, 11) is 6.50. The van der Waals surface area contributed by atoms with Gasteiger partial charge in [0.2, 0.25) is 0 Å². The lowest BCUT2D eigenvalue weighted by molar-refractivity contribution is 0.175. The summed E-state index contributed by atoms with van der Waals surface area (Å²) < 4.78 is 0. The standard InChI is InChI=1S/C15H24N2/c1-16-13-9-10-14(15(11-13)17(2)3)12-7-5-4-6-8-12/h4-8,13-16H,9-11H2,1-3H3/t13-,14+,15?/m0/s1. The number of nitrogens with one attached hydrogen (secondary N) is 1. The number of hydrogen-bond donors (Lipinski definition) is 1. The van der Waals surface area contributed by atoms with Gasteiger partial charge >= 0.3 is 0 Å². The Kier molecular flexibility index (Phi) is 4.19. The van der Waals surface area contributed by atoms with Gasteiger partial charge < -0.3 is 10.2 Å². The van der Waals surface area contributed by atoms with Crippen LogP contribution in [0.4, 0.5) is 0 Å². The second-order valence-corrected chi connectivity index (χ2v) is 5.35. The molecule has 0 radical (unpaired) electrons. The minimum Gasteiger partial charge on any atom is -0.317 e. The smallest absolute Gasteiger partial charge is 0.0173 e. The van der Waals surface area contributed by atoms with E-state index in [1.165, 1.54) is 24.8 Å². The van der Waals surface area contributed by atoms with Crippen LogP contribution in [0.1, 0.15) is 30.7 Å². The Morgan fingerprint density at radius 2 is 1.82 bits per heavy atom. The Balaban J connectivity index is 2.16. The Hall–Kier alpha value is -0.860. The Morgan fingerprint density at radius 3 is 2.41 bits per heavy atom. The van der Waals surface area contributed by atoms with Gasteiger partial charge in [0.25, 0.3) is 0 Å². The van der Waals surface area contributed by atoms with Gasteiger partial charge in [-0.1, -0.05) is 30.3 Å². The van der Waals surface area contributed by atoms with Crippen molar-refractivity contribution in [2.75, 3.05) is 21.1 Å². The number of rotatable bonds is 3. The van der Waals surface area contributed by atoms with Crippen molar-refractivity contribution in [3.8, 4) is 0 Å². The van der Waals surface area contributed by atoms with E-state index in [4.69, 9.17) is 0 Å². The molecule has 3 atom stereocenters. The van der Waals surface area contributed by atoms with Crippen LogP contribution in [0.5, 0.6) is 0 Å². The first-order valence-electron chi connectivity index (χ1n) is 6.61. The fraction of sp³-hybridized carbons (Fsp3) is 0.600. The number of likely N-dealkylation sites (N-methyl/N-ethyl adjacent to an activating group) is 1. The van der Waals surface area contributed by atoms with Crippen LogP contribution in [-0.4, -0.2) is 38.1 Å². The van der Waals surface area contributed by atoms with Crippen LogP contribution >= 0.6 is 0 Å². The highest BCUT2D eigenvalue weighted by Gasteiger charge is 2.31. The summed E-state index contributed by atoms with van der Waals surface area (Å²) in [6.07, 6.45) is 3.84. The summed E-state index contributed by atoms with van der Waals surface area (Å²) in [6.45, 7) is 0. The maximum atomic E-state index is 3.43. The zero-order valence-corrected chi connectivity index (χ0v) is 11.2. The van der Waals surface area contributed by atoms with Gasteiger partial charge in [-0.2, -0.15) is 0 Å². The van der Waals surface area contributed by atoms with Crippen LogP contribution < -0.4 is 5.32 Å². The van der Waals surface area contributed by atoms with Crippen LogP contribution in [0.3, 0.4) is 0 Å². The quantitative estimate of drug-likeness (QED) is 0.861. The van der Waals surface area contributed by atoms with Gasteiger partial charge in [-0.3, -0.25) is 0 Å². The lowest BCUT2D eigenvalue weighted by Gasteiger charge is -2.40. The Labute approximate surface area is 105 Å². The van der Waals surface area contributed by atoms with E-state index in [0.29, 0.717) is 18.0 Å². The fourth-order valence-corrected chi connectivity index (χ4v) is 3.07. The highest BCUT2D eigenvalue weighted by molar-refractivity contribution is 5.22. The predicted molar refractivity (Wildman–Crippen MR) is 73.4 cm³/mol. The van der Waals surface area contributed by atoms with Gasteiger partial charge in [0.05, 0.1) is 0 Å². The van der Waals surface area contributed by atoms with Crippen molar-refractivity contribution in [3.05, 3.63) is 35.9 Å². The van der Waals surface area contributed by atoms with Crippen molar-refractivity contribution in [1.82, 2.24) is 10.2 Å². The van der Waals surface area contributed by atoms with Gasteiger partial charge in [0, 0.05) is 12.1 Å². The Bertz CT molecular complexity index is 334. The van der Waals surface area contributed by atoms with Crippen LogP contribution in [-0.2, 0) is 0 Å². The molecule has 1 N–H and O–H groups in total. The molecule has 2 nitrogen and oxygen atoms in total. The molecule has 1 aliphatic carbocycles. The van der Waals surface area contributed by atoms with Gasteiger partial charge in [-0.15, -0.1) is 0 Å². The fourth-order valence-electron chi connectivity index (χ4n) is 3.07. The summed E-state index contributed by atoms with van der Waals surface area (Å²) in [5.41, 5.74) is 1.50. The van der Waals surface area contributed by atoms with Crippen molar-refractivity contribution in [2.24, 2.45) is 0 Å². The van der Waals surface area contributed by atoms with E-state index in [-0.39, 0.29) is 0 Å². The van der Waals surface area contributed by atoms with E-state index in [9.17, 15) is 0 Å². The molecular weight excluding hydrogens is 208 g/mol. The van der Waals surface area contributed by atoms with Crippen LogP contribution in [0.25, 0.3) is 0 Å². The zero-order chi connectivity index (χ0) is 12.3. The van der Waals surface area contributed by atoms with E-state index in [1.54, 1.807) is 0 Å². The van der Waals surface area contributed by atoms with E-state index in [2.05, 4.69) is 61.7 Å². The summed E-state index contributed by atoms with van der Waals surface area (Å²) in [5, 5.41) is 3.43. The molecule has 2 rings (SSSR count). The van der Waals surface area contributed by atoms with Crippen molar-refractivity contribution >= 4 is 0 Å². The summed E-state index contributed by atoms with van der Waals surface area (Å²) in [4.78, 5) is 2.39. The van der Waals surface area contributed by atoms with Crippen LogP contribution in [0.15, 0.2) is 30.3 Å². The van der Waals surface area contributed by atoms with E-state index < -0.39 is 0 Å². The Morgan fingerprint density at radius 1 is 1.12 bits per heavy atom. The maximum Gasteiger partial charge on any atom is 0.0173 e. The molecule has 0 spiro atoms. The first kappa shape index (κ1) is 12.6. The lowest BCUT2D eigenvalue weighted by Crippen LogP contribution is -2.44. The largest absolute Gasteiger partial charge is 0.317 e. The van der Waals surface area contributed by atoms with Crippen molar-refractivity contribution in [3.63, 3.8) is 0 Å². The maximum absolute atomic E-state index is 3.43. The number of benzene rings is 1. The third kappa shape index (κ3) is 2.88. The highest BCUT2D eigenvalue weighted by atomic mass is 15.1. The van der Waals surface area contributed by atoms with Crippen molar-refractivity contribution in [1.29, 1.82) is 0 Å². The zero-order valence-electron chi connectivity index (χ0n) is 11.2. The SMILES string of the molecule is CN[C@H]1CC[C@H](c2ccccc2)C(N(C)C)C1. The summed E-state index contributed by atoms with van der Waals surface area (Å²) in [6, 6.07) is 12.3. The minimum absolute atomic E-state index is 0.656. The number of nitrogens with zero attached hydrogens (tertiary/aromatic N) is 1. The van der Waals surface area contributed by atoms with Gasteiger partial charge in [-0.25, -0.2) is 0 Å². The highest BCUT2D eigenvalue weighted by Crippen LogP contribution is 2.35. The molecule has 1 fully saturated rings. The molecule has 0 aliphatic heterocycles. The molecular formula is C15H24N2. The first-order chi connectivity index (χ1) is 8.22. The molecule has 17 heavy (non-hydrogen) atoms. The number of hydrogen-bond acceptors (Lipinski definition) is 2. The van der Waals surface area contributed by atoms with Crippen molar-refractivity contribution < 1.29 is 0 Å². The van der Waals surface area contributed by atoms with Gasteiger partial charge in [0.1, 0.15) is 0 Å². The molecule has 1 aromatic carbocycles. The monoisotopic (exact) mass is 232 g/mol. The molecule has 0 bridgehead atoms. The molecule has 0 heterocycles. The minimum atomic E-state index is 0.656. The van der Waals surface area contributed by atoms with Crippen LogP contribution in [0.2, 0.25) is 0 Å². The molecule has 1 unspecified atom stereocenters. The third-order valence-electron chi connectivity index (χ3n) is 4.12. The molecule has 1 saturated carbocycles. The average Bonchev–Trinajstić information content (AvgIpc) is 2.39. The third-order valence-corrected chi connectivity index (χ3v) is 4.12.